The molecule has 0 bridgehead atoms. The van der Waals surface area contributed by atoms with Crippen molar-refractivity contribution in [3.63, 3.8) is 0 Å². The Kier molecular flexibility index (Phi) is 8.67. The lowest BCUT2D eigenvalue weighted by molar-refractivity contribution is -0.121. The van der Waals surface area contributed by atoms with Crippen molar-refractivity contribution in [2.75, 3.05) is 26.2 Å². The molecule has 0 radical (unpaired) electrons. The lowest BCUT2D eigenvalue weighted by atomic mass is 10.0. The van der Waals surface area contributed by atoms with Crippen molar-refractivity contribution in [3.8, 4) is 5.75 Å². The third-order valence-corrected chi connectivity index (χ3v) is 8.04. The molecule has 3 aromatic rings. The van der Waals surface area contributed by atoms with Gasteiger partial charge >= 0.3 is 5.63 Å². The fourth-order valence-corrected chi connectivity index (χ4v) is 5.73. The second-order valence-corrected chi connectivity index (χ2v) is 11.3. The summed E-state index contributed by atoms with van der Waals surface area (Å²) in [5.74, 6) is 0.0262. The van der Waals surface area contributed by atoms with E-state index in [0.717, 1.165) is 68.6 Å². The number of nitrogens with zero attached hydrogens (tertiary/aromatic N) is 1. The van der Waals surface area contributed by atoms with E-state index in [1.807, 2.05) is 6.07 Å². The van der Waals surface area contributed by atoms with Gasteiger partial charge in [-0.2, -0.15) is 0 Å². The van der Waals surface area contributed by atoms with Crippen LogP contribution in [0.15, 0.2) is 50.1 Å². The van der Waals surface area contributed by atoms with Crippen LogP contribution in [0.3, 0.4) is 0 Å². The first-order valence-corrected chi connectivity index (χ1v) is 14.1. The first kappa shape index (κ1) is 27.1. The van der Waals surface area contributed by atoms with Crippen LogP contribution >= 0.6 is 27.5 Å². The number of nitrogens with one attached hydrogen (secondary N) is 2. The quantitative estimate of drug-likeness (QED) is 0.376. The van der Waals surface area contributed by atoms with Crippen molar-refractivity contribution >= 4 is 44.4 Å². The topological polar surface area (TPSA) is 83.8 Å². The zero-order valence-electron chi connectivity index (χ0n) is 20.9. The molecule has 2 fully saturated rings. The predicted octanol–water partition coefficient (Wildman–Crippen LogP) is 4.80. The maximum Gasteiger partial charge on any atom is 0.339 e. The zero-order chi connectivity index (χ0) is 26.6. The van der Waals surface area contributed by atoms with Gasteiger partial charge < -0.3 is 19.8 Å². The van der Waals surface area contributed by atoms with Crippen LogP contribution in [0.4, 0.5) is 4.39 Å². The number of fused-ring (bicyclic) bond motifs is 1. The fraction of sp³-hybridized carbons (Fsp3) is 0.429. The Labute approximate surface area is 233 Å². The number of likely N-dealkylation sites (tertiary alicyclic amines) is 1. The Bertz CT molecular complexity index is 1370. The molecule has 2 aliphatic rings. The van der Waals surface area contributed by atoms with Gasteiger partial charge in [-0.3, -0.25) is 9.69 Å². The maximum atomic E-state index is 13.8. The van der Waals surface area contributed by atoms with Gasteiger partial charge in [-0.25, -0.2) is 9.18 Å². The van der Waals surface area contributed by atoms with Crippen molar-refractivity contribution in [3.05, 3.63) is 73.3 Å². The number of piperidine rings is 2. The molecule has 3 heterocycles. The number of hydrogen-bond donors (Lipinski definition) is 2. The number of rotatable bonds is 7. The average molecular weight is 607 g/mol. The van der Waals surface area contributed by atoms with Gasteiger partial charge in [0, 0.05) is 42.7 Å². The molecule has 5 rings (SSSR count). The molecule has 2 aromatic carbocycles. The Morgan fingerprint density at radius 3 is 2.66 bits per heavy atom. The smallest absolute Gasteiger partial charge is 0.339 e. The summed E-state index contributed by atoms with van der Waals surface area (Å²) in [5.41, 5.74) is 0.961. The predicted molar refractivity (Wildman–Crippen MR) is 148 cm³/mol. The molecule has 0 unspecified atom stereocenters. The van der Waals surface area contributed by atoms with Gasteiger partial charge in [0.05, 0.1) is 15.9 Å². The summed E-state index contributed by atoms with van der Waals surface area (Å²) in [7, 11) is 0. The van der Waals surface area contributed by atoms with Crippen LogP contribution in [0.1, 0.15) is 36.8 Å². The lowest BCUT2D eigenvalue weighted by Crippen LogP contribution is -2.45. The fourth-order valence-electron chi connectivity index (χ4n) is 5.06. The van der Waals surface area contributed by atoms with E-state index < -0.39 is 11.4 Å². The summed E-state index contributed by atoms with van der Waals surface area (Å²) in [6.07, 6.45) is 3.81. The highest BCUT2D eigenvalue weighted by molar-refractivity contribution is 9.10. The third kappa shape index (κ3) is 6.75. The molecule has 0 atom stereocenters. The van der Waals surface area contributed by atoms with Gasteiger partial charge in [-0.05, 0) is 84.5 Å². The molecule has 2 aliphatic heterocycles. The Hall–Kier alpha value is -2.46. The number of amides is 1. The summed E-state index contributed by atoms with van der Waals surface area (Å²) in [6, 6.07) is 10.3. The van der Waals surface area contributed by atoms with Gasteiger partial charge in [-0.1, -0.05) is 17.7 Å². The minimum absolute atomic E-state index is 0.0370. The minimum atomic E-state index is -0.622. The third-order valence-electron chi connectivity index (χ3n) is 7.13. The number of ether oxygens (including phenoxy) is 1. The summed E-state index contributed by atoms with van der Waals surface area (Å²) in [6.45, 7) is 4.52. The minimum Gasteiger partial charge on any atom is -0.489 e. The summed E-state index contributed by atoms with van der Waals surface area (Å²) in [5, 5.41) is 6.65. The van der Waals surface area contributed by atoms with Crippen LogP contribution in [0.5, 0.6) is 5.75 Å². The van der Waals surface area contributed by atoms with Crippen LogP contribution < -0.4 is 21.0 Å². The van der Waals surface area contributed by atoms with E-state index in [2.05, 4.69) is 43.6 Å². The highest BCUT2D eigenvalue weighted by atomic mass is 79.9. The molecular weight excluding hydrogens is 577 g/mol. The van der Waals surface area contributed by atoms with Crippen LogP contribution in [-0.4, -0.2) is 49.1 Å². The second-order valence-electron chi connectivity index (χ2n) is 9.99. The van der Waals surface area contributed by atoms with Crippen LogP contribution in [-0.2, 0) is 17.8 Å². The second kappa shape index (κ2) is 12.2. The monoisotopic (exact) mass is 605 g/mol. The molecule has 0 aliphatic carbocycles. The van der Waals surface area contributed by atoms with Gasteiger partial charge in [0.2, 0.25) is 5.91 Å². The standard InChI is InChI=1S/C28H30BrClFN3O4/c29-22-11-17(1-2-25(22)37-21-3-7-32-8-4-21)16-34-9-5-20(6-10-34)33-27(35)14-19-12-18-13-24(31)23(30)15-26(18)38-28(19)36/h1-2,11-13,15,20-21,32H,3-10,14,16H2,(H,33,35). The molecule has 2 N–H and O–H groups in total. The number of hydrogen-bond acceptors (Lipinski definition) is 6. The molecule has 7 nitrogen and oxygen atoms in total. The molecule has 202 valence electrons. The molecule has 38 heavy (non-hydrogen) atoms. The van der Waals surface area contributed by atoms with E-state index in [1.165, 1.54) is 23.8 Å². The molecule has 1 aromatic heterocycles. The number of carbonyl (C=O) groups is 1. The number of benzene rings is 2. The van der Waals surface area contributed by atoms with Crippen molar-refractivity contribution in [1.29, 1.82) is 0 Å². The largest absolute Gasteiger partial charge is 0.489 e. The van der Waals surface area contributed by atoms with Crippen molar-refractivity contribution in [2.24, 2.45) is 0 Å². The van der Waals surface area contributed by atoms with Crippen LogP contribution in [0, 0.1) is 5.82 Å². The first-order chi connectivity index (χ1) is 18.3. The van der Waals surface area contributed by atoms with Crippen molar-refractivity contribution in [2.45, 2.75) is 50.8 Å². The molecule has 1 amide bonds. The Morgan fingerprint density at radius 2 is 1.92 bits per heavy atom. The molecule has 10 heteroatoms. The average Bonchev–Trinajstić information content (AvgIpc) is 2.89. The molecule has 2 saturated heterocycles. The first-order valence-electron chi connectivity index (χ1n) is 12.9. The highest BCUT2D eigenvalue weighted by Crippen LogP contribution is 2.29. The van der Waals surface area contributed by atoms with E-state index in [-0.39, 0.29) is 40.6 Å². The van der Waals surface area contributed by atoms with Gasteiger partial charge in [0.1, 0.15) is 23.3 Å². The highest BCUT2D eigenvalue weighted by Gasteiger charge is 2.22. The number of halogens is 3. The van der Waals surface area contributed by atoms with Gasteiger partial charge in [0.15, 0.2) is 0 Å². The molecular formula is C28H30BrClFN3O4. The van der Waals surface area contributed by atoms with Crippen molar-refractivity contribution in [1.82, 2.24) is 15.5 Å². The van der Waals surface area contributed by atoms with E-state index in [1.54, 1.807) is 0 Å². The van der Waals surface area contributed by atoms with Gasteiger partial charge in [-0.15, -0.1) is 0 Å². The molecule has 0 spiro atoms. The van der Waals surface area contributed by atoms with Crippen LogP contribution in [0.25, 0.3) is 11.0 Å². The number of carbonyl (C=O) groups excluding carboxylic acids is 1. The summed E-state index contributed by atoms with van der Waals surface area (Å²) >= 11 is 9.43. The van der Waals surface area contributed by atoms with Crippen LogP contribution in [0.2, 0.25) is 5.02 Å². The van der Waals surface area contributed by atoms with E-state index >= 15 is 0 Å². The Balaban J connectivity index is 1.10. The van der Waals surface area contributed by atoms with E-state index in [0.29, 0.717) is 5.39 Å². The zero-order valence-corrected chi connectivity index (χ0v) is 23.2. The summed E-state index contributed by atoms with van der Waals surface area (Å²) < 4.78 is 26.2. The van der Waals surface area contributed by atoms with Crippen molar-refractivity contribution < 1.29 is 18.3 Å². The normalized spacial score (nSPS) is 17.6. The lowest BCUT2D eigenvalue weighted by Gasteiger charge is -2.32. The van der Waals surface area contributed by atoms with E-state index in [9.17, 15) is 14.0 Å². The van der Waals surface area contributed by atoms with Gasteiger partial charge in [0.25, 0.3) is 0 Å². The molecule has 0 saturated carbocycles. The maximum absolute atomic E-state index is 13.8. The van der Waals surface area contributed by atoms with E-state index in [4.69, 9.17) is 20.8 Å². The SMILES string of the molecule is O=C(Cc1cc2cc(F)c(Cl)cc2oc1=O)NC1CCN(Cc2ccc(OC3CCNCC3)c(Br)c2)CC1. The summed E-state index contributed by atoms with van der Waals surface area (Å²) in [4.78, 5) is 27.3. The Morgan fingerprint density at radius 1 is 1.16 bits per heavy atom.